The van der Waals surface area contributed by atoms with Crippen LogP contribution in [0.25, 0.3) is 0 Å². The second-order valence-corrected chi connectivity index (χ2v) is 5.13. The molecule has 0 spiro atoms. The number of benzene rings is 1. The Bertz CT molecular complexity index is 639. The summed E-state index contributed by atoms with van der Waals surface area (Å²) in [6.45, 7) is 6.14. The largest absolute Gasteiger partial charge is 0.494 e. The van der Waals surface area contributed by atoms with Gasteiger partial charge in [0, 0.05) is 18.3 Å². The SMILES string of the molecule is CCOC(=O)C1=C(C)N(C)C(=O)N[C@H]1c1ccccc1OCC. The van der Waals surface area contributed by atoms with Crippen molar-refractivity contribution < 1.29 is 19.1 Å². The number of para-hydroxylation sites is 1. The Hall–Kier alpha value is -2.50. The van der Waals surface area contributed by atoms with E-state index in [1.807, 2.05) is 31.2 Å². The van der Waals surface area contributed by atoms with Crippen molar-refractivity contribution in [1.29, 1.82) is 0 Å². The van der Waals surface area contributed by atoms with Crippen molar-refractivity contribution in [3.8, 4) is 5.75 Å². The van der Waals surface area contributed by atoms with Gasteiger partial charge in [-0.25, -0.2) is 9.59 Å². The maximum absolute atomic E-state index is 12.4. The monoisotopic (exact) mass is 318 g/mol. The normalized spacial score (nSPS) is 17.8. The van der Waals surface area contributed by atoms with Crippen LogP contribution in [-0.4, -0.2) is 37.2 Å². The van der Waals surface area contributed by atoms with E-state index in [9.17, 15) is 9.59 Å². The van der Waals surface area contributed by atoms with Gasteiger partial charge in [0.15, 0.2) is 0 Å². The number of esters is 1. The molecule has 0 fully saturated rings. The first-order chi connectivity index (χ1) is 11.0. The fraction of sp³-hybridized carbons (Fsp3) is 0.412. The Morgan fingerprint density at radius 3 is 2.61 bits per heavy atom. The third kappa shape index (κ3) is 3.31. The summed E-state index contributed by atoms with van der Waals surface area (Å²) in [5.41, 5.74) is 1.72. The number of carbonyl (C=O) groups excluding carboxylic acids is 2. The number of rotatable bonds is 5. The van der Waals surface area contributed by atoms with Gasteiger partial charge in [0.25, 0.3) is 0 Å². The quantitative estimate of drug-likeness (QED) is 0.847. The van der Waals surface area contributed by atoms with Gasteiger partial charge in [0.1, 0.15) is 5.75 Å². The molecule has 1 aliphatic heterocycles. The molecule has 1 atom stereocenters. The molecule has 6 heteroatoms. The molecular weight excluding hydrogens is 296 g/mol. The van der Waals surface area contributed by atoms with Gasteiger partial charge in [-0.05, 0) is 26.8 Å². The standard InChI is InChI=1S/C17H22N2O4/c1-5-22-13-10-8-7-9-12(13)15-14(16(20)23-6-2)11(3)19(4)17(21)18-15/h7-10,15H,5-6H2,1-4H3,(H,18,21)/t15-/m0/s1. The highest BCUT2D eigenvalue weighted by Gasteiger charge is 2.36. The molecular formula is C17H22N2O4. The number of nitrogens with zero attached hydrogens (tertiary/aromatic N) is 1. The molecule has 0 aliphatic carbocycles. The van der Waals surface area contributed by atoms with Crippen molar-refractivity contribution in [3.63, 3.8) is 0 Å². The molecule has 0 radical (unpaired) electrons. The number of hydrogen-bond donors (Lipinski definition) is 1. The fourth-order valence-electron chi connectivity index (χ4n) is 2.55. The molecule has 1 heterocycles. The third-order valence-corrected chi connectivity index (χ3v) is 3.78. The summed E-state index contributed by atoms with van der Waals surface area (Å²) in [5, 5.41) is 2.85. The molecule has 1 aliphatic rings. The highest BCUT2D eigenvalue weighted by atomic mass is 16.5. The highest BCUT2D eigenvalue weighted by molar-refractivity contribution is 5.95. The minimum absolute atomic E-state index is 0.271. The van der Waals surface area contributed by atoms with E-state index in [1.165, 1.54) is 4.90 Å². The van der Waals surface area contributed by atoms with Gasteiger partial charge >= 0.3 is 12.0 Å². The van der Waals surface area contributed by atoms with Crippen LogP contribution < -0.4 is 10.1 Å². The van der Waals surface area contributed by atoms with Gasteiger partial charge in [-0.15, -0.1) is 0 Å². The van der Waals surface area contributed by atoms with Crippen LogP contribution in [0.5, 0.6) is 5.75 Å². The van der Waals surface area contributed by atoms with Crippen LogP contribution in [0, 0.1) is 0 Å². The zero-order valence-electron chi connectivity index (χ0n) is 13.9. The average molecular weight is 318 g/mol. The third-order valence-electron chi connectivity index (χ3n) is 3.78. The van der Waals surface area contributed by atoms with E-state index in [-0.39, 0.29) is 12.6 Å². The number of carbonyl (C=O) groups is 2. The molecule has 23 heavy (non-hydrogen) atoms. The van der Waals surface area contributed by atoms with Crippen LogP contribution in [0.1, 0.15) is 32.4 Å². The van der Waals surface area contributed by atoms with Crippen LogP contribution in [0.15, 0.2) is 35.5 Å². The lowest BCUT2D eigenvalue weighted by Gasteiger charge is -2.33. The van der Waals surface area contributed by atoms with Crippen LogP contribution in [0.4, 0.5) is 4.79 Å². The van der Waals surface area contributed by atoms with Crippen molar-refractivity contribution in [2.75, 3.05) is 20.3 Å². The Balaban J connectivity index is 2.54. The minimum atomic E-state index is -0.597. The Morgan fingerprint density at radius 2 is 1.96 bits per heavy atom. The molecule has 0 saturated heterocycles. The lowest BCUT2D eigenvalue weighted by Crippen LogP contribution is -2.46. The van der Waals surface area contributed by atoms with E-state index in [0.717, 1.165) is 5.56 Å². The average Bonchev–Trinajstić information content (AvgIpc) is 2.53. The summed E-state index contributed by atoms with van der Waals surface area (Å²) in [6.07, 6.45) is 0. The molecule has 0 aromatic heterocycles. The highest BCUT2D eigenvalue weighted by Crippen LogP contribution is 2.35. The summed E-state index contributed by atoms with van der Waals surface area (Å²) in [6, 6.07) is 6.49. The summed E-state index contributed by atoms with van der Waals surface area (Å²) in [7, 11) is 1.62. The summed E-state index contributed by atoms with van der Waals surface area (Å²) < 4.78 is 10.8. The zero-order chi connectivity index (χ0) is 17.0. The van der Waals surface area contributed by atoms with Gasteiger partial charge in [-0.3, -0.25) is 0 Å². The summed E-state index contributed by atoms with van der Waals surface area (Å²) in [4.78, 5) is 26.0. The molecule has 1 aromatic carbocycles. The van der Waals surface area contributed by atoms with E-state index in [4.69, 9.17) is 9.47 Å². The van der Waals surface area contributed by atoms with Gasteiger partial charge < -0.3 is 19.7 Å². The van der Waals surface area contributed by atoms with Crippen molar-refractivity contribution >= 4 is 12.0 Å². The predicted octanol–water partition coefficient (Wildman–Crippen LogP) is 2.62. The van der Waals surface area contributed by atoms with Crippen LogP contribution >= 0.6 is 0 Å². The van der Waals surface area contributed by atoms with Crippen molar-refractivity contribution in [2.45, 2.75) is 26.8 Å². The molecule has 1 aromatic rings. The van der Waals surface area contributed by atoms with E-state index in [1.54, 1.807) is 20.9 Å². The van der Waals surface area contributed by atoms with E-state index in [2.05, 4.69) is 5.32 Å². The maximum atomic E-state index is 12.4. The summed E-state index contributed by atoms with van der Waals surface area (Å²) >= 11 is 0. The van der Waals surface area contributed by atoms with Gasteiger partial charge in [-0.1, -0.05) is 18.2 Å². The van der Waals surface area contributed by atoms with Gasteiger partial charge in [-0.2, -0.15) is 0 Å². The number of amides is 2. The first-order valence-corrected chi connectivity index (χ1v) is 7.65. The van der Waals surface area contributed by atoms with Crippen LogP contribution in [0.2, 0.25) is 0 Å². The lowest BCUT2D eigenvalue weighted by atomic mass is 9.94. The molecule has 2 amide bonds. The number of nitrogens with one attached hydrogen (secondary N) is 1. The zero-order valence-corrected chi connectivity index (χ0v) is 13.9. The lowest BCUT2D eigenvalue weighted by molar-refractivity contribution is -0.139. The Labute approximate surface area is 136 Å². The Kier molecular flexibility index (Phi) is 5.26. The van der Waals surface area contributed by atoms with Crippen LogP contribution in [-0.2, 0) is 9.53 Å². The molecule has 0 unspecified atom stereocenters. The smallest absolute Gasteiger partial charge is 0.338 e. The first kappa shape index (κ1) is 16.9. The van der Waals surface area contributed by atoms with Crippen molar-refractivity contribution in [2.24, 2.45) is 0 Å². The number of allylic oxidation sites excluding steroid dienone is 1. The molecule has 1 N–H and O–H groups in total. The number of hydrogen-bond acceptors (Lipinski definition) is 4. The van der Waals surface area contributed by atoms with Crippen molar-refractivity contribution in [1.82, 2.24) is 10.2 Å². The summed E-state index contributed by atoms with van der Waals surface area (Å²) in [5.74, 6) is 0.201. The number of urea groups is 1. The van der Waals surface area contributed by atoms with Crippen LogP contribution in [0.3, 0.4) is 0 Å². The predicted molar refractivity (Wildman–Crippen MR) is 86.0 cm³/mol. The molecule has 124 valence electrons. The maximum Gasteiger partial charge on any atom is 0.338 e. The molecule has 0 saturated carbocycles. The van der Waals surface area contributed by atoms with E-state index >= 15 is 0 Å². The van der Waals surface area contributed by atoms with E-state index in [0.29, 0.717) is 23.6 Å². The first-order valence-electron chi connectivity index (χ1n) is 7.65. The molecule has 2 rings (SSSR count). The molecule has 0 bridgehead atoms. The van der Waals surface area contributed by atoms with Crippen molar-refractivity contribution in [3.05, 3.63) is 41.1 Å². The van der Waals surface area contributed by atoms with E-state index < -0.39 is 12.0 Å². The molecule has 6 nitrogen and oxygen atoms in total. The minimum Gasteiger partial charge on any atom is -0.494 e. The van der Waals surface area contributed by atoms with Gasteiger partial charge in [0.05, 0.1) is 24.8 Å². The fourth-order valence-corrected chi connectivity index (χ4v) is 2.55. The topological polar surface area (TPSA) is 67.9 Å². The van der Waals surface area contributed by atoms with Gasteiger partial charge in [0.2, 0.25) is 0 Å². The second-order valence-electron chi connectivity index (χ2n) is 5.13. The number of ether oxygens (including phenoxy) is 2. The Morgan fingerprint density at radius 1 is 1.26 bits per heavy atom. The second kappa shape index (κ2) is 7.17.